The van der Waals surface area contributed by atoms with Crippen molar-refractivity contribution in [2.24, 2.45) is 4.99 Å². The first kappa shape index (κ1) is 11.8. The van der Waals surface area contributed by atoms with Gasteiger partial charge < -0.3 is 5.41 Å². The lowest BCUT2D eigenvalue weighted by atomic mass is 9.88. The third-order valence-corrected chi connectivity index (χ3v) is 3.11. The largest absolute Gasteiger partial charge is 0.307 e. The van der Waals surface area contributed by atoms with Crippen LogP contribution in [0.2, 0.25) is 0 Å². The van der Waals surface area contributed by atoms with Crippen molar-refractivity contribution in [2.45, 2.75) is 26.2 Å². The van der Waals surface area contributed by atoms with Gasteiger partial charge in [-0.1, -0.05) is 20.8 Å². The molecule has 0 aliphatic carbocycles. The molecule has 0 spiro atoms. The number of hydrogen-bond donors (Lipinski definition) is 1. The number of aliphatic imine (C=N–C) groups is 1. The molecule has 4 heteroatoms. The van der Waals surface area contributed by atoms with Gasteiger partial charge in [-0.15, -0.1) is 11.3 Å². The molecule has 1 heterocycles. The smallest absolute Gasteiger partial charge is 0.0867 e. The minimum atomic E-state index is 0.0935. The van der Waals surface area contributed by atoms with E-state index in [-0.39, 0.29) is 5.41 Å². The van der Waals surface area contributed by atoms with Gasteiger partial charge in [0.05, 0.1) is 14.8 Å². The van der Waals surface area contributed by atoms with Crippen molar-refractivity contribution < 1.29 is 0 Å². The van der Waals surface area contributed by atoms with Crippen LogP contribution in [-0.4, -0.2) is 10.4 Å². The topological polar surface area (TPSA) is 36.2 Å². The van der Waals surface area contributed by atoms with Gasteiger partial charge in [0.2, 0.25) is 0 Å². The first-order chi connectivity index (χ1) is 6.50. The molecule has 76 valence electrons. The molecule has 0 unspecified atom stereocenters. The predicted molar refractivity (Wildman–Crippen MR) is 73.1 cm³/mol. The molecule has 1 aromatic heterocycles. The Balaban J connectivity index is 3.31. The van der Waals surface area contributed by atoms with E-state index in [1.807, 2.05) is 0 Å². The van der Waals surface area contributed by atoms with Crippen molar-refractivity contribution >= 4 is 50.1 Å². The van der Waals surface area contributed by atoms with E-state index in [2.05, 4.69) is 53.7 Å². The predicted octanol–water partition coefficient (Wildman–Crippen LogP) is 4.14. The monoisotopic (exact) mass is 320 g/mol. The van der Waals surface area contributed by atoms with E-state index in [1.54, 1.807) is 15.6 Å². The van der Waals surface area contributed by atoms with Crippen LogP contribution in [0.5, 0.6) is 0 Å². The van der Waals surface area contributed by atoms with E-state index in [4.69, 9.17) is 5.41 Å². The summed E-state index contributed by atoms with van der Waals surface area (Å²) in [7, 11) is 0. The molecule has 0 aromatic carbocycles. The maximum Gasteiger partial charge on any atom is 0.0867 e. The minimum absolute atomic E-state index is 0.0935. The van der Waals surface area contributed by atoms with Crippen LogP contribution in [0.15, 0.2) is 10.4 Å². The van der Waals surface area contributed by atoms with Crippen LogP contribution in [0.3, 0.4) is 0 Å². The lowest BCUT2D eigenvalue weighted by Gasteiger charge is -2.17. The summed E-state index contributed by atoms with van der Waals surface area (Å²) in [4.78, 5) is 5.26. The van der Waals surface area contributed by atoms with Gasteiger partial charge in [-0.2, -0.15) is 0 Å². The van der Waals surface area contributed by atoms with E-state index < -0.39 is 0 Å². The van der Waals surface area contributed by atoms with E-state index in [0.29, 0.717) is 0 Å². The fourth-order valence-corrected chi connectivity index (χ4v) is 2.51. The average molecular weight is 320 g/mol. The Labute approximate surface area is 102 Å². The van der Waals surface area contributed by atoms with Crippen molar-refractivity contribution in [1.82, 2.24) is 0 Å². The van der Waals surface area contributed by atoms with Crippen LogP contribution in [-0.2, 0) is 5.41 Å². The van der Waals surface area contributed by atoms with Crippen LogP contribution in [0.4, 0.5) is 5.69 Å². The van der Waals surface area contributed by atoms with Crippen LogP contribution in [0.1, 0.15) is 31.2 Å². The second-order valence-corrected chi connectivity index (χ2v) is 5.45. The molecule has 0 saturated heterocycles. The van der Waals surface area contributed by atoms with E-state index in [9.17, 15) is 0 Å². The Morgan fingerprint density at radius 2 is 2.14 bits per heavy atom. The van der Waals surface area contributed by atoms with Gasteiger partial charge >= 0.3 is 0 Å². The van der Waals surface area contributed by atoms with Crippen molar-refractivity contribution in [3.05, 3.63) is 15.8 Å². The van der Waals surface area contributed by atoms with Crippen LogP contribution in [0, 0.1) is 5.41 Å². The Morgan fingerprint density at radius 3 is 2.57 bits per heavy atom. The Morgan fingerprint density at radius 1 is 1.50 bits per heavy atom. The molecule has 0 amide bonds. The molecule has 0 aliphatic heterocycles. The lowest BCUT2D eigenvalue weighted by Crippen LogP contribution is -2.09. The quantitative estimate of drug-likeness (QED) is 0.628. The van der Waals surface area contributed by atoms with Crippen LogP contribution >= 0.6 is 33.9 Å². The zero-order chi connectivity index (χ0) is 10.8. The molecule has 1 aromatic rings. The van der Waals surface area contributed by atoms with Crippen molar-refractivity contribution in [3.63, 3.8) is 0 Å². The second-order valence-electron chi connectivity index (χ2n) is 3.98. The summed E-state index contributed by atoms with van der Waals surface area (Å²) in [6.45, 7) is 6.49. The lowest BCUT2D eigenvalue weighted by molar-refractivity contribution is 0.594. The Bertz CT molecular complexity index is 361. The fraction of sp³-hybridized carbons (Fsp3) is 0.400. The zero-order valence-electron chi connectivity index (χ0n) is 8.47. The van der Waals surface area contributed by atoms with Gasteiger partial charge in [0.15, 0.2) is 0 Å². The molecule has 0 saturated carbocycles. The van der Waals surface area contributed by atoms with Gasteiger partial charge in [0, 0.05) is 6.21 Å². The number of thiophene rings is 1. The molecule has 1 rings (SSSR count). The third-order valence-electron chi connectivity index (χ3n) is 1.91. The number of rotatable bonds is 2. The maximum atomic E-state index is 7.29. The number of hydrogen-bond acceptors (Lipinski definition) is 3. The molecular formula is C10H13IN2S. The van der Waals surface area contributed by atoms with E-state index in [1.165, 1.54) is 11.8 Å². The van der Waals surface area contributed by atoms with E-state index >= 15 is 0 Å². The highest BCUT2D eigenvalue weighted by Gasteiger charge is 2.21. The summed E-state index contributed by atoms with van der Waals surface area (Å²) in [5.74, 6) is 0. The highest BCUT2D eigenvalue weighted by molar-refractivity contribution is 14.1. The maximum absolute atomic E-state index is 7.29. The Kier molecular flexibility index (Phi) is 3.83. The molecule has 1 N–H and O–H groups in total. The van der Waals surface area contributed by atoms with Gasteiger partial charge in [-0.25, -0.2) is 4.99 Å². The normalized spacial score (nSPS) is 12.3. The first-order valence-electron chi connectivity index (χ1n) is 4.26. The molecule has 0 aliphatic rings. The van der Waals surface area contributed by atoms with Crippen LogP contribution in [0.25, 0.3) is 0 Å². The van der Waals surface area contributed by atoms with Crippen LogP contribution < -0.4 is 0 Å². The highest BCUT2D eigenvalue weighted by Crippen LogP contribution is 2.37. The van der Waals surface area contributed by atoms with Gasteiger partial charge in [-0.3, -0.25) is 0 Å². The summed E-state index contributed by atoms with van der Waals surface area (Å²) in [5.41, 5.74) is 2.26. The van der Waals surface area contributed by atoms with Gasteiger partial charge in [0.1, 0.15) is 0 Å². The minimum Gasteiger partial charge on any atom is -0.307 e. The summed E-state index contributed by atoms with van der Waals surface area (Å²) < 4.78 is 1.75. The highest BCUT2D eigenvalue weighted by atomic mass is 127. The molecule has 0 radical (unpaired) electrons. The summed E-state index contributed by atoms with van der Waals surface area (Å²) >= 11 is 3.69. The molecule has 14 heavy (non-hydrogen) atoms. The molecule has 2 nitrogen and oxygen atoms in total. The Hall–Kier alpha value is -0.230. The summed E-state index contributed by atoms with van der Waals surface area (Å²) in [6.07, 6.45) is 1.37. The number of nitrogens with zero attached hydrogens (tertiary/aromatic N) is 1. The fourth-order valence-electron chi connectivity index (χ4n) is 1.18. The number of nitrogens with one attached hydrogen (secondary N) is 1. The van der Waals surface area contributed by atoms with Gasteiger partial charge in [-0.05, 0) is 38.9 Å². The molecule has 0 atom stereocenters. The SMILES string of the molecule is CC(C)(C)c1csc(C=N)c1N=CI. The van der Waals surface area contributed by atoms with Crippen molar-refractivity contribution in [3.8, 4) is 0 Å². The molecule has 0 fully saturated rings. The molecular weight excluding hydrogens is 307 g/mol. The number of halogens is 1. The second kappa shape index (κ2) is 4.53. The van der Waals surface area contributed by atoms with Gasteiger partial charge in [0.25, 0.3) is 0 Å². The zero-order valence-corrected chi connectivity index (χ0v) is 11.4. The van der Waals surface area contributed by atoms with Crippen molar-refractivity contribution in [2.75, 3.05) is 0 Å². The standard InChI is InChI=1S/C10H13IN2S/c1-10(2,3)7-5-14-8(4-12)9(7)13-6-11/h4-6,12H,1-3H3. The van der Waals surface area contributed by atoms with E-state index in [0.717, 1.165) is 10.6 Å². The molecule has 0 bridgehead atoms. The van der Waals surface area contributed by atoms with Crippen molar-refractivity contribution in [1.29, 1.82) is 5.41 Å². The first-order valence-corrected chi connectivity index (χ1v) is 6.38. The summed E-state index contributed by atoms with van der Waals surface area (Å²) in [6, 6.07) is 0. The third kappa shape index (κ3) is 2.42. The summed E-state index contributed by atoms with van der Waals surface area (Å²) in [5, 5.41) is 9.39. The average Bonchev–Trinajstić information content (AvgIpc) is 2.47.